The van der Waals surface area contributed by atoms with E-state index < -0.39 is 6.04 Å². The fourth-order valence-electron chi connectivity index (χ4n) is 5.78. The van der Waals surface area contributed by atoms with Crippen molar-refractivity contribution in [1.82, 2.24) is 20.2 Å². The number of ether oxygens (including phenoxy) is 1. The molecule has 1 fully saturated rings. The molecule has 3 aromatic carbocycles. The van der Waals surface area contributed by atoms with Gasteiger partial charge in [0.2, 0.25) is 17.7 Å². The topological polar surface area (TPSA) is 155 Å². The molecule has 14 heteroatoms. The fourth-order valence-corrected chi connectivity index (χ4v) is 7.15. The van der Waals surface area contributed by atoms with E-state index in [9.17, 15) is 19.2 Å². The number of aromatic nitrogens is 2. The van der Waals surface area contributed by atoms with E-state index in [1.165, 1.54) is 0 Å². The van der Waals surface area contributed by atoms with Gasteiger partial charge in [0.1, 0.15) is 23.7 Å². The van der Waals surface area contributed by atoms with Gasteiger partial charge in [-0.15, -0.1) is 11.3 Å². The van der Waals surface area contributed by atoms with Crippen LogP contribution in [0.25, 0.3) is 31.9 Å². The van der Waals surface area contributed by atoms with Crippen molar-refractivity contribution in [3.05, 3.63) is 89.1 Å². The predicted molar refractivity (Wildman–Crippen MR) is 212 cm³/mol. The Labute approximate surface area is 317 Å². The molecule has 6 rings (SSSR count). The minimum absolute atomic E-state index is 0.156. The van der Waals surface area contributed by atoms with Gasteiger partial charge in [0.25, 0.3) is 0 Å². The van der Waals surface area contributed by atoms with Crippen molar-refractivity contribution in [3.63, 3.8) is 0 Å². The molecule has 5 aromatic rings. The van der Waals surface area contributed by atoms with E-state index in [0.29, 0.717) is 41.4 Å². The second kappa shape index (κ2) is 18.5. The van der Waals surface area contributed by atoms with Crippen LogP contribution >= 0.6 is 22.9 Å². The Morgan fingerprint density at radius 1 is 1.06 bits per heavy atom. The van der Waals surface area contributed by atoms with Crippen molar-refractivity contribution < 1.29 is 23.9 Å². The van der Waals surface area contributed by atoms with Gasteiger partial charge >= 0.3 is 0 Å². The Bertz CT molecular complexity index is 2090. The minimum Gasteiger partial charge on any atom is -0.383 e. The molecule has 0 radical (unpaired) electrons. The molecular weight excluding hydrogens is 714 g/mol. The minimum atomic E-state index is -0.488. The van der Waals surface area contributed by atoms with Crippen LogP contribution in [-0.4, -0.2) is 78.8 Å². The number of fused-ring (bicyclic) bond motifs is 1. The van der Waals surface area contributed by atoms with E-state index in [0.717, 1.165) is 49.7 Å². The maximum absolute atomic E-state index is 12.6. The number of carbonyl (C=O) groups excluding carboxylic acids is 4. The maximum atomic E-state index is 12.6. The molecule has 1 atom stereocenters. The number of rotatable bonds is 14. The lowest BCUT2D eigenvalue weighted by molar-refractivity contribution is -0.137. The van der Waals surface area contributed by atoms with Crippen molar-refractivity contribution in [2.45, 2.75) is 39.3 Å². The number of halogens is 1. The summed E-state index contributed by atoms with van der Waals surface area (Å²) in [6.07, 6.45) is 3.20. The predicted octanol–water partition coefficient (Wildman–Crippen LogP) is 6.86. The molecule has 3 amide bonds. The van der Waals surface area contributed by atoms with Crippen LogP contribution in [0.2, 0.25) is 5.02 Å². The van der Waals surface area contributed by atoms with Crippen molar-refractivity contribution in [3.8, 4) is 21.7 Å². The van der Waals surface area contributed by atoms with Gasteiger partial charge in [0, 0.05) is 60.8 Å². The highest BCUT2D eigenvalue weighted by Gasteiger charge is 2.30. The van der Waals surface area contributed by atoms with Gasteiger partial charge in [-0.2, -0.15) is 0 Å². The summed E-state index contributed by atoms with van der Waals surface area (Å²) in [5.74, 6) is -0.189. The Balaban J connectivity index is 0.00000266. The molecule has 0 bridgehead atoms. The maximum Gasteiger partial charge on any atom is 0.250 e. The van der Waals surface area contributed by atoms with Gasteiger partial charge in [0.05, 0.1) is 27.9 Å². The molecule has 1 aliphatic rings. The molecule has 4 N–H and O–H groups in total. The number of aldehydes is 1. The molecule has 1 aliphatic heterocycles. The lowest BCUT2D eigenvalue weighted by Gasteiger charge is -2.30. The van der Waals surface area contributed by atoms with Gasteiger partial charge in [-0.05, 0) is 85.3 Å². The summed E-state index contributed by atoms with van der Waals surface area (Å²) in [5, 5.41) is 12.9. The van der Waals surface area contributed by atoms with Crippen molar-refractivity contribution in [2.24, 2.45) is 0 Å². The monoisotopic (exact) mass is 755 g/mol. The third-order valence-corrected chi connectivity index (χ3v) is 9.83. The zero-order valence-corrected chi connectivity index (χ0v) is 31.6. The number of likely N-dealkylation sites (N-methyl/N-ethyl adjacent to an activating group) is 1. The molecular formula is C39H42ClN7O5S. The van der Waals surface area contributed by atoms with E-state index in [-0.39, 0.29) is 37.3 Å². The zero-order valence-electron chi connectivity index (χ0n) is 30.0. The van der Waals surface area contributed by atoms with E-state index in [4.69, 9.17) is 21.3 Å². The van der Waals surface area contributed by atoms with Gasteiger partial charge in [0.15, 0.2) is 0 Å². The summed E-state index contributed by atoms with van der Waals surface area (Å²) in [4.78, 5) is 59.0. The van der Waals surface area contributed by atoms with Crippen LogP contribution in [0.4, 0.5) is 17.2 Å². The lowest BCUT2D eigenvalue weighted by atomic mass is 10.0. The average molecular weight is 756 g/mol. The molecule has 276 valence electrons. The number of nitrogens with one attached hydrogen (secondary N) is 4. The van der Waals surface area contributed by atoms with Gasteiger partial charge in [-0.25, -0.2) is 9.97 Å². The van der Waals surface area contributed by atoms with Crippen LogP contribution in [-0.2, 0) is 25.7 Å². The smallest absolute Gasteiger partial charge is 0.250 e. The fraction of sp³-hybridized carbons (Fsp3) is 0.282. The molecule has 0 aliphatic carbocycles. The lowest BCUT2D eigenvalue weighted by Crippen LogP contribution is -2.51. The second-order valence-corrected chi connectivity index (χ2v) is 13.5. The Morgan fingerprint density at radius 2 is 1.85 bits per heavy atom. The number of piperidine rings is 1. The van der Waals surface area contributed by atoms with Crippen LogP contribution in [0.3, 0.4) is 0 Å². The first-order chi connectivity index (χ1) is 25.7. The summed E-state index contributed by atoms with van der Waals surface area (Å²) in [6.45, 7) is 4.90. The molecule has 0 spiro atoms. The van der Waals surface area contributed by atoms with Crippen molar-refractivity contribution in [2.75, 3.05) is 49.8 Å². The van der Waals surface area contributed by atoms with Crippen LogP contribution < -0.4 is 21.3 Å². The highest BCUT2D eigenvalue weighted by molar-refractivity contribution is 7.21. The summed E-state index contributed by atoms with van der Waals surface area (Å²) in [7, 11) is 3.59. The largest absolute Gasteiger partial charge is 0.383 e. The summed E-state index contributed by atoms with van der Waals surface area (Å²) in [6, 6.07) is 20.3. The number of anilines is 3. The number of hydrogen-bond donors (Lipinski definition) is 4. The van der Waals surface area contributed by atoms with Gasteiger partial charge < -0.3 is 20.7 Å². The molecule has 3 heterocycles. The normalized spacial score (nSPS) is 14.0. The number of carbonyl (C=O) groups is 4. The number of nitrogens with zero attached hydrogens (tertiary/aromatic N) is 3. The standard InChI is InChI=1S/C37H36ClN7O5S.C2H6/c1-39-33-11-5-23(18-41-33)22-4-8-28(29(38)16-22)37-43-30-9-7-26(17-32(30)51-37)40-13-14-50-21-35(48)42-27-6-3-24(20-46)25(15-27)19-45(2)31-10-12-34(47)44-36(31)49;1-2/h3-9,11,15-18,20,31,40H,10,12-14,19,21H2,1-2H3,(H,39,41)(H,42,48)(H,44,47,49);1-2H3. The van der Waals surface area contributed by atoms with Crippen LogP contribution in [0, 0.1) is 0 Å². The van der Waals surface area contributed by atoms with Crippen LogP contribution in [0.5, 0.6) is 0 Å². The highest BCUT2D eigenvalue weighted by atomic mass is 35.5. The van der Waals surface area contributed by atoms with Gasteiger partial charge in [-0.3, -0.25) is 29.4 Å². The SMILES string of the molecule is CC.CNc1ccc(-c2ccc(-c3nc4ccc(NCCOCC(=O)Nc5ccc(C=O)c(CN(C)C6CCC(=O)NC6=O)c5)cc4s3)c(Cl)c2)cn1. The van der Waals surface area contributed by atoms with Crippen LogP contribution in [0.15, 0.2) is 72.9 Å². The molecule has 0 saturated carbocycles. The number of thiazole rings is 1. The number of amides is 3. The Hall–Kier alpha value is -5.21. The zero-order chi connectivity index (χ0) is 37.9. The molecule has 1 unspecified atom stereocenters. The second-order valence-electron chi connectivity index (χ2n) is 12.0. The third kappa shape index (κ3) is 10.0. The highest BCUT2D eigenvalue weighted by Crippen LogP contribution is 2.37. The van der Waals surface area contributed by atoms with E-state index in [2.05, 4.69) is 26.3 Å². The van der Waals surface area contributed by atoms with Crippen molar-refractivity contribution >= 4 is 74.4 Å². The Morgan fingerprint density at radius 3 is 2.57 bits per heavy atom. The third-order valence-electron chi connectivity index (χ3n) is 8.47. The van der Waals surface area contributed by atoms with E-state index in [1.807, 2.05) is 75.6 Å². The first kappa shape index (κ1) is 39.0. The average Bonchev–Trinajstić information content (AvgIpc) is 3.59. The summed E-state index contributed by atoms with van der Waals surface area (Å²) < 4.78 is 6.61. The number of imide groups is 1. The molecule has 1 saturated heterocycles. The molecule has 12 nitrogen and oxygen atoms in total. The molecule has 53 heavy (non-hydrogen) atoms. The summed E-state index contributed by atoms with van der Waals surface area (Å²) >= 11 is 8.27. The van der Waals surface area contributed by atoms with E-state index in [1.54, 1.807) is 41.5 Å². The number of hydrogen-bond acceptors (Lipinski definition) is 11. The number of benzene rings is 3. The first-order valence-electron chi connectivity index (χ1n) is 17.3. The molecule has 2 aromatic heterocycles. The summed E-state index contributed by atoms with van der Waals surface area (Å²) in [5.41, 5.74) is 6.17. The van der Waals surface area contributed by atoms with E-state index >= 15 is 0 Å². The van der Waals surface area contributed by atoms with Crippen molar-refractivity contribution in [1.29, 1.82) is 0 Å². The first-order valence-corrected chi connectivity index (χ1v) is 18.5. The quantitative estimate of drug-likeness (QED) is 0.0537. The van der Waals surface area contributed by atoms with Gasteiger partial charge in [-0.1, -0.05) is 31.5 Å². The Kier molecular flexibility index (Phi) is 13.6. The number of pyridine rings is 1. The van der Waals surface area contributed by atoms with Crippen LogP contribution in [0.1, 0.15) is 42.6 Å².